The molecule has 1 saturated carbocycles. The Bertz CT molecular complexity index is 699. The average Bonchev–Trinajstić information content (AvgIpc) is 2.45. The zero-order chi connectivity index (χ0) is 15.5. The molecule has 0 spiro atoms. The third-order valence-corrected chi connectivity index (χ3v) is 3.83. The zero-order valence-electron chi connectivity index (χ0n) is 12.3. The van der Waals surface area contributed by atoms with Crippen LogP contribution in [-0.4, -0.2) is 17.2 Å². The number of benzene rings is 1. The lowest BCUT2D eigenvalue weighted by molar-refractivity contribution is 0.0624. The molecule has 0 atom stereocenters. The lowest BCUT2D eigenvalue weighted by Crippen LogP contribution is -2.27. The minimum atomic E-state index is -0.447. The van der Waals surface area contributed by atoms with Crippen LogP contribution in [-0.2, 0) is 4.74 Å². The van der Waals surface area contributed by atoms with E-state index in [4.69, 9.17) is 4.74 Å². The van der Waals surface area contributed by atoms with Crippen LogP contribution in [0.5, 0.6) is 0 Å². The van der Waals surface area contributed by atoms with Crippen molar-refractivity contribution in [2.75, 3.05) is 5.32 Å². The second-order valence-electron chi connectivity index (χ2n) is 5.50. The number of rotatable bonds is 3. The SMILES string of the molecule is Cc1ccc(NC(=O)OC2CCC2)cc1-c1cncc(F)c1. The minimum Gasteiger partial charge on any atom is -0.446 e. The van der Waals surface area contributed by atoms with E-state index < -0.39 is 6.09 Å². The molecule has 1 N–H and O–H groups in total. The maximum absolute atomic E-state index is 13.3. The predicted molar refractivity (Wildman–Crippen MR) is 82.1 cm³/mol. The number of ether oxygens (including phenoxy) is 1. The number of carbonyl (C=O) groups is 1. The Hall–Kier alpha value is -2.43. The van der Waals surface area contributed by atoms with Gasteiger partial charge in [0.1, 0.15) is 11.9 Å². The monoisotopic (exact) mass is 300 g/mol. The van der Waals surface area contributed by atoms with Crippen molar-refractivity contribution in [3.05, 3.63) is 48.0 Å². The van der Waals surface area contributed by atoms with E-state index >= 15 is 0 Å². The van der Waals surface area contributed by atoms with Crippen molar-refractivity contribution in [3.63, 3.8) is 0 Å². The summed E-state index contributed by atoms with van der Waals surface area (Å²) in [6, 6.07) is 6.90. The Morgan fingerprint density at radius 1 is 1.32 bits per heavy atom. The smallest absolute Gasteiger partial charge is 0.411 e. The van der Waals surface area contributed by atoms with Crippen LogP contribution in [0, 0.1) is 12.7 Å². The van der Waals surface area contributed by atoms with Gasteiger partial charge in [-0.05, 0) is 55.5 Å². The summed E-state index contributed by atoms with van der Waals surface area (Å²) < 4.78 is 18.6. The zero-order valence-corrected chi connectivity index (χ0v) is 12.3. The Morgan fingerprint density at radius 3 is 2.82 bits per heavy atom. The Balaban J connectivity index is 1.78. The first kappa shape index (κ1) is 14.5. The maximum atomic E-state index is 13.3. The molecule has 5 heteroatoms. The second kappa shape index (κ2) is 6.13. The fourth-order valence-electron chi connectivity index (χ4n) is 2.36. The van der Waals surface area contributed by atoms with Gasteiger partial charge >= 0.3 is 6.09 Å². The highest BCUT2D eigenvalue weighted by molar-refractivity contribution is 5.86. The topological polar surface area (TPSA) is 51.2 Å². The largest absolute Gasteiger partial charge is 0.446 e. The molecule has 22 heavy (non-hydrogen) atoms. The van der Waals surface area contributed by atoms with Crippen LogP contribution in [0.2, 0.25) is 0 Å². The molecule has 1 aromatic heterocycles. The van der Waals surface area contributed by atoms with Crippen molar-refractivity contribution in [1.29, 1.82) is 0 Å². The Morgan fingerprint density at radius 2 is 2.14 bits per heavy atom. The fraction of sp³-hybridized carbons (Fsp3) is 0.294. The number of nitrogens with one attached hydrogen (secondary N) is 1. The van der Waals surface area contributed by atoms with Crippen LogP contribution in [0.3, 0.4) is 0 Å². The highest BCUT2D eigenvalue weighted by atomic mass is 19.1. The van der Waals surface area contributed by atoms with Gasteiger partial charge in [-0.2, -0.15) is 0 Å². The van der Waals surface area contributed by atoms with E-state index in [1.165, 1.54) is 6.07 Å². The minimum absolute atomic E-state index is 0.0392. The molecule has 2 aromatic rings. The van der Waals surface area contributed by atoms with Crippen molar-refractivity contribution >= 4 is 11.8 Å². The average molecular weight is 300 g/mol. The van der Waals surface area contributed by atoms with Gasteiger partial charge < -0.3 is 4.74 Å². The molecule has 1 fully saturated rings. The number of aromatic nitrogens is 1. The first-order valence-corrected chi connectivity index (χ1v) is 7.31. The van der Waals surface area contributed by atoms with Gasteiger partial charge in [0, 0.05) is 17.4 Å². The molecular weight excluding hydrogens is 283 g/mol. The molecule has 3 rings (SSSR count). The molecule has 1 aliphatic rings. The lowest BCUT2D eigenvalue weighted by atomic mass is 9.96. The van der Waals surface area contributed by atoms with Crippen molar-refractivity contribution < 1.29 is 13.9 Å². The molecule has 0 bridgehead atoms. The van der Waals surface area contributed by atoms with Crippen molar-refractivity contribution in [2.45, 2.75) is 32.3 Å². The van der Waals surface area contributed by atoms with Crippen LogP contribution in [0.4, 0.5) is 14.9 Å². The van der Waals surface area contributed by atoms with Crippen LogP contribution in [0.1, 0.15) is 24.8 Å². The highest BCUT2D eigenvalue weighted by Crippen LogP contribution is 2.27. The van der Waals surface area contributed by atoms with Crippen LogP contribution < -0.4 is 5.32 Å². The summed E-state index contributed by atoms with van der Waals surface area (Å²) in [6.07, 6.45) is 5.33. The quantitative estimate of drug-likeness (QED) is 0.919. The number of halogens is 1. The molecule has 114 valence electrons. The second-order valence-corrected chi connectivity index (χ2v) is 5.50. The van der Waals surface area contributed by atoms with Crippen molar-refractivity contribution in [1.82, 2.24) is 4.98 Å². The van der Waals surface area contributed by atoms with Gasteiger partial charge in [-0.3, -0.25) is 10.3 Å². The number of pyridine rings is 1. The summed E-state index contributed by atoms with van der Waals surface area (Å²) >= 11 is 0. The molecule has 1 aromatic carbocycles. The van der Waals surface area contributed by atoms with Crippen LogP contribution in [0.25, 0.3) is 11.1 Å². The maximum Gasteiger partial charge on any atom is 0.411 e. The van der Waals surface area contributed by atoms with E-state index in [1.807, 2.05) is 13.0 Å². The fourth-order valence-corrected chi connectivity index (χ4v) is 2.36. The number of hydrogen-bond donors (Lipinski definition) is 1. The van der Waals surface area contributed by atoms with E-state index in [0.29, 0.717) is 11.3 Å². The third kappa shape index (κ3) is 3.24. The molecule has 0 saturated heterocycles. The predicted octanol–water partition coefficient (Wildman–Crippen LogP) is 4.30. The van der Waals surface area contributed by atoms with E-state index in [1.54, 1.807) is 18.3 Å². The molecule has 4 nitrogen and oxygen atoms in total. The first-order valence-electron chi connectivity index (χ1n) is 7.31. The van der Waals surface area contributed by atoms with Gasteiger partial charge in [-0.25, -0.2) is 9.18 Å². The van der Waals surface area contributed by atoms with Gasteiger partial charge in [0.05, 0.1) is 6.20 Å². The summed E-state index contributed by atoms with van der Waals surface area (Å²) in [5, 5.41) is 2.72. The molecule has 1 aliphatic carbocycles. The van der Waals surface area contributed by atoms with E-state index in [0.717, 1.165) is 36.6 Å². The molecule has 1 amide bonds. The van der Waals surface area contributed by atoms with E-state index in [-0.39, 0.29) is 11.9 Å². The molecular formula is C17H17FN2O2. The van der Waals surface area contributed by atoms with Gasteiger partial charge in [-0.15, -0.1) is 0 Å². The first-order chi connectivity index (χ1) is 10.6. The lowest BCUT2D eigenvalue weighted by Gasteiger charge is -2.25. The standard InChI is InChI=1S/C17H17FN2O2/c1-11-5-6-14(20-17(21)22-15-3-2-4-15)8-16(11)12-7-13(18)10-19-9-12/h5-10,15H,2-4H2,1H3,(H,20,21). The van der Waals surface area contributed by atoms with E-state index in [9.17, 15) is 9.18 Å². The van der Waals surface area contributed by atoms with Crippen molar-refractivity contribution in [3.8, 4) is 11.1 Å². The van der Waals surface area contributed by atoms with Gasteiger partial charge in [0.25, 0.3) is 0 Å². The molecule has 0 radical (unpaired) electrons. The molecule has 1 heterocycles. The number of carbonyl (C=O) groups excluding carboxylic acids is 1. The van der Waals surface area contributed by atoms with Gasteiger partial charge in [0.15, 0.2) is 0 Å². The normalized spacial score (nSPS) is 14.3. The number of nitrogens with zero attached hydrogens (tertiary/aromatic N) is 1. The Kier molecular flexibility index (Phi) is 4.04. The van der Waals surface area contributed by atoms with Gasteiger partial charge in [-0.1, -0.05) is 6.07 Å². The van der Waals surface area contributed by atoms with Crippen LogP contribution >= 0.6 is 0 Å². The summed E-state index contributed by atoms with van der Waals surface area (Å²) in [7, 11) is 0. The number of anilines is 1. The van der Waals surface area contributed by atoms with E-state index in [2.05, 4.69) is 10.3 Å². The van der Waals surface area contributed by atoms with Crippen molar-refractivity contribution in [2.24, 2.45) is 0 Å². The summed E-state index contributed by atoms with van der Waals surface area (Å²) in [6.45, 7) is 1.93. The summed E-state index contributed by atoms with van der Waals surface area (Å²) in [5.74, 6) is -0.389. The number of aryl methyl sites for hydroxylation is 1. The summed E-state index contributed by atoms with van der Waals surface area (Å²) in [5.41, 5.74) is 3.10. The Labute approximate surface area is 128 Å². The molecule has 0 unspecified atom stereocenters. The third-order valence-electron chi connectivity index (χ3n) is 3.83. The highest BCUT2D eigenvalue weighted by Gasteiger charge is 2.21. The molecule has 0 aliphatic heterocycles. The van der Waals surface area contributed by atoms with Gasteiger partial charge in [0.2, 0.25) is 0 Å². The van der Waals surface area contributed by atoms with Crippen LogP contribution in [0.15, 0.2) is 36.7 Å². The number of amides is 1. The number of hydrogen-bond acceptors (Lipinski definition) is 3. The summed E-state index contributed by atoms with van der Waals surface area (Å²) in [4.78, 5) is 15.7.